The number of azide groups is 1. The molecule has 45 heavy (non-hydrogen) atoms. The van der Waals surface area contributed by atoms with Gasteiger partial charge < -0.3 is 28.4 Å². The number of alkyl halides is 3. The molecule has 0 N–H and O–H groups in total. The monoisotopic (exact) mass is 644 g/mol. The summed E-state index contributed by atoms with van der Waals surface area (Å²) < 4.78 is 79.5. The molecule has 0 spiro atoms. The second kappa shape index (κ2) is 23.0. The number of ether oxygens (including phenoxy) is 6. The highest BCUT2D eigenvalue weighted by Gasteiger charge is 2.52. The molecule has 2 unspecified atom stereocenters. The minimum atomic E-state index is -4.88. The molecule has 13 heteroatoms. The van der Waals surface area contributed by atoms with Crippen LogP contribution in [0.5, 0.6) is 0 Å². The van der Waals surface area contributed by atoms with E-state index in [9.17, 15) is 13.2 Å². The summed E-state index contributed by atoms with van der Waals surface area (Å²) in [6.07, 6.45) is -1.33. The zero-order valence-electron chi connectivity index (χ0n) is 27.0. The fraction of sp³-hybridized carbons (Fsp3) is 0.781. The molecule has 1 aliphatic rings. The van der Waals surface area contributed by atoms with Gasteiger partial charge in [-0.2, -0.15) is 13.2 Å². The van der Waals surface area contributed by atoms with Gasteiger partial charge in [0, 0.05) is 37.9 Å². The predicted octanol–water partition coefficient (Wildman–Crippen LogP) is 8.46. The molecule has 1 aliphatic heterocycles. The lowest BCUT2D eigenvalue weighted by Gasteiger charge is -2.45. The molecule has 0 aliphatic carbocycles. The van der Waals surface area contributed by atoms with E-state index in [1.165, 1.54) is 12.1 Å². The summed E-state index contributed by atoms with van der Waals surface area (Å²) in [6, 6.07) is 7.83. The highest BCUT2D eigenvalue weighted by molar-refractivity contribution is 5.84. The van der Waals surface area contributed by atoms with Crippen molar-refractivity contribution < 1.29 is 41.6 Å². The van der Waals surface area contributed by atoms with Crippen LogP contribution in [-0.2, 0) is 28.4 Å². The third-order valence-electron chi connectivity index (χ3n) is 7.12. The Morgan fingerprint density at radius 3 is 2.00 bits per heavy atom. The number of hydrogen-bond acceptors (Lipinski definition) is 8. The first-order chi connectivity index (χ1) is 21.8. The van der Waals surface area contributed by atoms with E-state index in [1.807, 2.05) is 13.8 Å². The summed E-state index contributed by atoms with van der Waals surface area (Å²) in [4.78, 5) is 6.54. The average Bonchev–Trinajstić information content (AvgIpc) is 3.02. The molecule has 0 aromatic heterocycles. The Morgan fingerprint density at radius 1 is 0.800 bits per heavy atom. The number of halogens is 3. The van der Waals surface area contributed by atoms with Gasteiger partial charge in [0.15, 0.2) is 0 Å². The van der Waals surface area contributed by atoms with Gasteiger partial charge >= 0.3 is 6.18 Å². The summed E-state index contributed by atoms with van der Waals surface area (Å²) >= 11 is 0. The van der Waals surface area contributed by atoms with Gasteiger partial charge in [0.05, 0.1) is 12.3 Å². The van der Waals surface area contributed by atoms with Gasteiger partial charge in [0.2, 0.25) is 6.29 Å². The van der Waals surface area contributed by atoms with Gasteiger partial charge in [-0.05, 0) is 49.8 Å². The van der Waals surface area contributed by atoms with E-state index < -0.39 is 42.8 Å². The van der Waals surface area contributed by atoms with E-state index in [0.717, 1.165) is 57.8 Å². The van der Waals surface area contributed by atoms with Gasteiger partial charge in [-0.3, -0.25) is 0 Å². The molecule has 0 amide bonds. The molecule has 256 valence electrons. The number of benzene rings is 1. The first-order valence-electron chi connectivity index (χ1n) is 16.3. The topological polar surface area (TPSA) is 117 Å². The molecule has 1 aromatic carbocycles. The summed E-state index contributed by atoms with van der Waals surface area (Å²) in [6.45, 7) is 8.14. The number of hydrogen-bond donors (Lipinski definition) is 0. The van der Waals surface area contributed by atoms with E-state index >= 15 is 0 Å². The summed E-state index contributed by atoms with van der Waals surface area (Å²) in [5.41, 5.74) is 8.50. The van der Waals surface area contributed by atoms with Crippen molar-refractivity contribution >= 4 is 11.6 Å². The second-order valence-corrected chi connectivity index (χ2v) is 10.9. The SMILES string of the molecule is CCCCOC1[C@@H](OCCCC)C(COCCCCCCN=[N+]=[N-])O[C@@H](O/C(=N/c2ccccc2)C(F)(F)F)[C@H]1OCCCC. The van der Waals surface area contributed by atoms with Crippen LogP contribution in [0.25, 0.3) is 10.4 Å². The number of rotatable bonds is 23. The molecular weight excluding hydrogens is 593 g/mol. The van der Waals surface area contributed by atoms with Crippen molar-refractivity contribution in [1.82, 2.24) is 0 Å². The van der Waals surface area contributed by atoms with Crippen LogP contribution in [0.3, 0.4) is 0 Å². The number of unbranched alkanes of at least 4 members (excludes halogenated alkanes) is 6. The largest absolute Gasteiger partial charge is 0.468 e. The van der Waals surface area contributed by atoms with E-state index in [-0.39, 0.29) is 18.9 Å². The highest BCUT2D eigenvalue weighted by Crippen LogP contribution is 2.33. The van der Waals surface area contributed by atoms with Gasteiger partial charge in [0.25, 0.3) is 5.90 Å². The van der Waals surface area contributed by atoms with Crippen LogP contribution >= 0.6 is 0 Å². The van der Waals surface area contributed by atoms with Crippen molar-refractivity contribution in [3.8, 4) is 0 Å². The summed E-state index contributed by atoms with van der Waals surface area (Å²) in [5.74, 6) is -1.43. The maximum absolute atomic E-state index is 14.3. The third kappa shape index (κ3) is 15.2. The number of para-hydroxylation sites is 1. The molecular formula is C32H51F3N4O6. The Morgan fingerprint density at radius 2 is 1.40 bits per heavy atom. The Balaban J connectivity index is 2.34. The minimum Gasteiger partial charge on any atom is -0.441 e. The van der Waals surface area contributed by atoms with Crippen molar-refractivity contribution in [1.29, 1.82) is 0 Å². The van der Waals surface area contributed by atoms with E-state index in [4.69, 9.17) is 34.0 Å². The first kappa shape index (κ1) is 38.8. The smallest absolute Gasteiger partial charge is 0.441 e. The summed E-state index contributed by atoms with van der Waals surface area (Å²) in [7, 11) is 0. The van der Waals surface area contributed by atoms with Crippen LogP contribution < -0.4 is 0 Å². The van der Waals surface area contributed by atoms with Crippen LogP contribution in [0.15, 0.2) is 40.4 Å². The minimum absolute atomic E-state index is 0.0713. The Hall–Kier alpha value is -2.41. The maximum atomic E-state index is 14.3. The lowest BCUT2D eigenvalue weighted by molar-refractivity contribution is -0.311. The molecule has 10 nitrogen and oxygen atoms in total. The predicted molar refractivity (Wildman–Crippen MR) is 167 cm³/mol. The van der Waals surface area contributed by atoms with Crippen molar-refractivity contribution in [2.45, 2.75) is 122 Å². The molecule has 0 saturated carbocycles. The van der Waals surface area contributed by atoms with Gasteiger partial charge in [-0.1, -0.05) is 76.2 Å². The molecule has 1 fully saturated rings. The van der Waals surface area contributed by atoms with Crippen LogP contribution in [-0.4, -0.2) is 82.4 Å². The van der Waals surface area contributed by atoms with E-state index in [2.05, 4.69) is 21.9 Å². The van der Waals surface area contributed by atoms with Crippen molar-refractivity contribution in [2.75, 3.05) is 39.6 Å². The number of aliphatic imine (C=N–C) groups is 1. The molecule has 5 atom stereocenters. The quantitative estimate of drug-likeness (QED) is 0.0295. The second-order valence-electron chi connectivity index (χ2n) is 10.9. The van der Waals surface area contributed by atoms with Crippen molar-refractivity contribution in [2.24, 2.45) is 10.1 Å². The Bertz CT molecular complexity index is 981. The van der Waals surface area contributed by atoms with E-state index in [1.54, 1.807) is 18.2 Å². The van der Waals surface area contributed by atoms with Crippen LogP contribution in [0, 0.1) is 0 Å². The van der Waals surface area contributed by atoms with Gasteiger partial charge in [0.1, 0.15) is 24.4 Å². The maximum Gasteiger partial charge on any atom is 0.468 e. The Labute approximate surface area is 265 Å². The molecule has 1 saturated heterocycles. The zero-order valence-corrected chi connectivity index (χ0v) is 27.0. The zero-order chi connectivity index (χ0) is 32.8. The third-order valence-corrected chi connectivity index (χ3v) is 7.12. The molecule has 2 rings (SSSR count). The van der Waals surface area contributed by atoms with Crippen LogP contribution in [0.1, 0.15) is 85.0 Å². The van der Waals surface area contributed by atoms with Crippen LogP contribution in [0.4, 0.5) is 18.9 Å². The molecule has 1 aromatic rings. The molecule has 1 heterocycles. The fourth-order valence-electron chi connectivity index (χ4n) is 4.64. The highest BCUT2D eigenvalue weighted by atomic mass is 19.4. The standard InChI is InChI=1S/C32H51F3N4O6/c1-4-7-21-41-27-26(24-40-20-16-11-10-15-19-37-39-36)44-30(29(43-23-9-6-3)28(27)42-22-8-5-2)45-31(32(33,34)35)38-25-17-13-12-14-18-25/h12-14,17-18,26-30H,4-11,15-16,19-24H2,1-3H3/b38-31+/t26?,27-,28?,29-,30-/m0/s1. The molecule has 0 bridgehead atoms. The Kier molecular flexibility index (Phi) is 19.8. The van der Waals surface area contributed by atoms with Crippen molar-refractivity contribution in [3.63, 3.8) is 0 Å². The van der Waals surface area contributed by atoms with Crippen LogP contribution in [0.2, 0.25) is 0 Å². The molecule has 0 radical (unpaired) electrons. The first-order valence-corrected chi connectivity index (χ1v) is 16.3. The number of nitrogens with zero attached hydrogens (tertiary/aromatic N) is 4. The van der Waals surface area contributed by atoms with E-state index in [0.29, 0.717) is 32.8 Å². The summed E-state index contributed by atoms with van der Waals surface area (Å²) in [5, 5.41) is 3.54. The van der Waals surface area contributed by atoms with Gasteiger partial charge in [-0.15, -0.1) is 0 Å². The lowest BCUT2D eigenvalue weighted by atomic mass is 9.98. The van der Waals surface area contributed by atoms with Gasteiger partial charge in [-0.25, -0.2) is 4.99 Å². The normalized spacial score (nSPS) is 22.3. The fourth-order valence-corrected chi connectivity index (χ4v) is 4.64. The van der Waals surface area contributed by atoms with Crippen molar-refractivity contribution in [3.05, 3.63) is 40.8 Å². The lowest BCUT2D eigenvalue weighted by Crippen LogP contribution is -2.62. The average molecular weight is 645 g/mol.